The number of ether oxygens (including phenoxy) is 1. The van der Waals surface area contributed by atoms with Crippen molar-refractivity contribution in [2.24, 2.45) is 5.92 Å². The van der Waals surface area contributed by atoms with Crippen LogP contribution in [0.15, 0.2) is 43.0 Å². The topological polar surface area (TPSA) is 55.3 Å². The fraction of sp³-hybridized carbons (Fsp3) is 0.389. The third kappa shape index (κ3) is 4.45. The Labute approximate surface area is 146 Å². The van der Waals surface area contributed by atoms with Crippen LogP contribution in [0.4, 0.5) is 0 Å². The molecule has 0 unspecified atom stereocenters. The molecule has 0 aromatic carbocycles. The van der Waals surface area contributed by atoms with Crippen LogP contribution >= 0.6 is 11.6 Å². The van der Waals surface area contributed by atoms with Gasteiger partial charge in [-0.25, -0.2) is 0 Å². The van der Waals surface area contributed by atoms with Gasteiger partial charge in [0.2, 0.25) is 5.91 Å². The van der Waals surface area contributed by atoms with Crippen molar-refractivity contribution in [1.82, 2.24) is 14.9 Å². The Morgan fingerprint density at radius 2 is 2.00 bits per heavy atom. The Morgan fingerprint density at radius 3 is 2.71 bits per heavy atom. The zero-order chi connectivity index (χ0) is 16.8. The Hall–Kier alpha value is -2.14. The van der Waals surface area contributed by atoms with Gasteiger partial charge in [-0.3, -0.25) is 14.8 Å². The molecule has 6 heteroatoms. The van der Waals surface area contributed by atoms with Gasteiger partial charge in [-0.2, -0.15) is 0 Å². The number of rotatable bonds is 5. The average Bonchev–Trinajstić information content (AvgIpc) is 2.62. The Balaban J connectivity index is 1.44. The maximum atomic E-state index is 12.3. The minimum atomic E-state index is 0.166. The molecule has 1 saturated heterocycles. The first-order valence-electron chi connectivity index (χ1n) is 8.11. The van der Waals surface area contributed by atoms with E-state index in [0.29, 0.717) is 29.7 Å². The summed E-state index contributed by atoms with van der Waals surface area (Å²) in [6.45, 7) is 2.17. The number of carbonyl (C=O) groups excluding carboxylic acids is 1. The van der Waals surface area contributed by atoms with E-state index >= 15 is 0 Å². The van der Waals surface area contributed by atoms with Crippen LogP contribution in [0.25, 0.3) is 0 Å². The molecule has 0 radical (unpaired) electrons. The van der Waals surface area contributed by atoms with Gasteiger partial charge < -0.3 is 9.64 Å². The van der Waals surface area contributed by atoms with Crippen LogP contribution in [0.1, 0.15) is 18.4 Å². The van der Waals surface area contributed by atoms with E-state index in [2.05, 4.69) is 9.97 Å². The highest BCUT2D eigenvalue weighted by atomic mass is 35.5. The number of nitrogens with zero attached hydrogens (tertiary/aromatic N) is 3. The van der Waals surface area contributed by atoms with E-state index in [4.69, 9.17) is 16.3 Å². The molecule has 24 heavy (non-hydrogen) atoms. The fourth-order valence-electron chi connectivity index (χ4n) is 2.83. The number of hydrogen-bond donors (Lipinski definition) is 0. The second kappa shape index (κ2) is 8.11. The van der Waals surface area contributed by atoms with Crippen molar-refractivity contribution >= 4 is 17.5 Å². The zero-order valence-corrected chi connectivity index (χ0v) is 14.2. The van der Waals surface area contributed by atoms with Gasteiger partial charge in [0, 0.05) is 43.9 Å². The molecule has 2 aromatic heterocycles. The minimum Gasteiger partial charge on any atom is -0.492 e. The van der Waals surface area contributed by atoms with Gasteiger partial charge in [0.25, 0.3) is 0 Å². The summed E-state index contributed by atoms with van der Waals surface area (Å²) in [7, 11) is 0. The van der Waals surface area contributed by atoms with Gasteiger partial charge in [0.15, 0.2) is 0 Å². The van der Waals surface area contributed by atoms with Crippen LogP contribution in [0, 0.1) is 5.92 Å². The molecule has 1 amide bonds. The molecule has 126 valence electrons. The van der Waals surface area contributed by atoms with Gasteiger partial charge in [-0.1, -0.05) is 17.7 Å². The molecule has 0 bridgehead atoms. The molecule has 0 atom stereocenters. The lowest BCUT2D eigenvalue weighted by atomic mass is 9.97. The van der Waals surface area contributed by atoms with Gasteiger partial charge in [-0.15, -0.1) is 0 Å². The summed E-state index contributed by atoms with van der Waals surface area (Å²) in [6, 6.07) is 5.56. The number of pyridine rings is 2. The lowest BCUT2D eigenvalue weighted by Crippen LogP contribution is -2.40. The molecule has 1 fully saturated rings. The van der Waals surface area contributed by atoms with E-state index in [0.717, 1.165) is 31.5 Å². The van der Waals surface area contributed by atoms with Crippen LogP contribution in [-0.4, -0.2) is 40.5 Å². The number of hydrogen-bond acceptors (Lipinski definition) is 4. The number of likely N-dealkylation sites (tertiary alicyclic amines) is 1. The van der Waals surface area contributed by atoms with E-state index < -0.39 is 0 Å². The van der Waals surface area contributed by atoms with E-state index in [1.54, 1.807) is 30.9 Å². The molecule has 0 saturated carbocycles. The van der Waals surface area contributed by atoms with Crippen molar-refractivity contribution in [3.05, 3.63) is 53.6 Å². The Kier molecular flexibility index (Phi) is 5.64. The number of halogens is 1. The van der Waals surface area contributed by atoms with Gasteiger partial charge in [0.1, 0.15) is 10.8 Å². The summed E-state index contributed by atoms with van der Waals surface area (Å²) >= 11 is 6.04. The number of amides is 1. The Bertz CT molecular complexity index is 673. The summed E-state index contributed by atoms with van der Waals surface area (Å²) in [4.78, 5) is 22.3. The van der Waals surface area contributed by atoms with E-state index in [1.165, 1.54) is 0 Å². The van der Waals surface area contributed by atoms with Crippen molar-refractivity contribution in [3.8, 4) is 5.75 Å². The van der Waals surface area contributed by atoms with Crippen LogP contribution < -0.4 is 4.74 Å². The molecule has 3 heterocycles. The molecular formula is C18H20ClN3O2. The maximum Gasteiger partial charge on any atom is 0.227 e. The summed E-state index contributed by atoms with van der Waals surface area (Å²) in [5.74, 6) is 1.28. The number of piperidine rings is 1. The molecule has 5 nitrogen and oxygen atoms in total. The number of carbonyl (C=O) groups is 1. The lowest BCUT2D eigenvalue weighted by molar-refractivity contribution is -0.132. The average molecular weight is 346 g/mol. The third-order valence-corrected chi connectivity index (χ3v) is 4.54. The van der Waals surface area contributed by atoms with E-state index in [-0.39, 0.29) is 5.91 Å². The smallest absolute Gasteiger partial charge is 0.227 e. The largest absolute Gasteiger partial charge is 0.492 e. The highest BCUT2D eigenvalue weighted by Gasteiger charge is 2.23. The first-order valence-corrected chi connectivity index (χ1v) is 8.49. The number of aromatic nitrogens is 2. The summed E-state index contributed by atoms with van der Waals surface area (Å²) < 4.78 is 5.78. The first kappa shape index (κ1) is 16.7. The van der Waals surface area contributed by atoms with Crippen molar-refractivity contribution < 1.29 is 9.53 Å². The lowest BCUT2D eigenvalue weighted by Gasteiger charge is -2.32. The van der Waals surface area contributed by atoms with Crippen LogP contribution in [-0.2, 0) is 11.2 Å². The van der Waals surface area contributed by atoms with Crippen LogP contribution in [0.2, 0.25) is 5.02 Å². The Morgan fingerprint density at radius 1 is 1.21 bits per heavy atom. The van der Waals surface area contributed by atoms with E-state index in [1.807, 2.05) is 17.0 Å². The van der Waals surface area contributed by atoms with E-state index in [9.17, 15) is 4.79 Å². The molecule has 2 aromatic rings. The van der Waals surface area contributed by atoms with Gasteiger partial charge >= 0.3 is 0 Å². The minimum absolute atomic E-state index is 0.166. The zero-order valence-electron chi connectivity index (χ0n) is 13.4. The summed E-state index contributed by atoms with van der Waals surface area (Å²) in [5.41, 5.74) is 0.959. The van der Waals surface area contributed by atoms with Crippen molar-refractivity contribution in [1.29, 1.82) is 0 Å². The monoisotopic (exact) mass is 345 g/mol. The predicted octanol–water partition coefficient (Wildman–Crippen LogP) is 2.99. The van der Waals surface area contributed by atoms with Crippen molar-refractivity contribution in [2.45, 2.75) is 19.3 Å². The maximum absolute atomic E-state index is 12.3. The SMILES string of the molecule is O=C(Cc1cccnc1)N1CCC(COc2ccncc2Cl)CC1. The fourth-order valence-corrected chi connectivity index (χ4v) is 3.00. The predicted molar refractivity (Wildman–Crippen MR) is 92.0 cm³/mol. The van der Waals surface area contributed by atoms with Gasteiger partial charge in [-0.05, 0) is 30.4 Å². The second-order valence-electron chi connectivity index (χ2n) is 5.98. The highest BCUT2D eigenvalue weighted by Crippen LogP contribution is 2.24. The van der Waals surface area contributed by atoms with Crippen molar-refractivity contribution in [2.75, 3.05) is 19.7 Å². The molecule has 0 N–H and O–H groups in total. The summed E-state index contributed by atoms with van der Waals surface area (Å²) in [6.07, 6.45) is 9.02. The molecule has 0 aliphatic carbocycles. The third-order valence-electron chi connectivity index (χ3n) is 4.26. The van der Waals surface area contributed by atoms with Crippen LogP contribution in [0.5, 0.6) is 5.75 Å². The highest BCUT2D eigenvalue weighted by molar-refractivity contribution is 6.31. The molecule has 0 spiro atoms. The quantitative estimate of drug-likeness (QED) is 0.836. The second-order valence-corrected chi connectivity index (χ2v) is 6.39. The molecule has 1 aliphatic heterocycles. The van der Waals surface area contributed by atoms with Crippen molar-refractivity contribution in [3.63, 3.8) is 0 Å². The van der Waals surface area contributed by atoms with Gasteiger partial charge in [0.05, 0.1) is 13.0 Å². The molecule has 1 aliphatic rings. The normalized spacial score (nSPS) is 15.3. The molecular weight excluding hydrogens is 326 g/mol. The first-order chi connectivity index (χ1) is 11.7. The molecule has 3 rings (SSSR count). The standard InChI is InChI=1S/C18H20ClN3O2/c19-16-12-21-7-3-17(16)24-13-14-4-8-22(9-5-14)18(23)10-15-2-1-6-20-11-15/h1-3,6-7,11-12,14H,4-5,8-10,13H2. The van der Waals surface area contributed by atoms with Crippen LogP contribution in [0.3, 0.4) is 0 Å². The summed E-state index contributed by atoms with van der Waals surface area (Å²) in [5, 5.41) is 0.529.